The van der Waals surface area contributed by atoms with Crippen LogP contribution >= 0.6 is 0 Å². The highest BCUT2D eigenvalue weighted by Gasteiger charge is 2.04. The number of ether oxygens (including phenoxy) is 1. The minimum absolute atomic E-state index is 0.351. The Morgan fingerprint density at radius 2 is 1.91 bits per heavy atom. The minimum atomic E-state index is -0.370. The number of H-pyrrole nitrogens is 1. The fourth-order valence-corrected chi connectivity index (χ4v) is 3.51. The third-order valence-corrected chi connectivity index (χ3v) is 5.10. The molecule has 32 heavy (non-hydrogen) atoms. The predicted octanol–water partition coefficient (Wildman–Crippen LogP) is 5.54. The number of pyridine rings is 1. The molecule has 0 fully saturated rings. The maximum atomic E-state index is 11.6. The molecule has 0 aliphatic carbocycles. The van der Waals surface area contributed by atoms with Gasteiger partial charge in [0.25, 0.3) is 0 Å². The van der Waals surface area contributed by atoms with Gasteiger partial charge < -0.3 is 20.4 Å². The van der Waals surface area contributed by atoms with Gasteiger partial charge in [0, 0.05) is 64.7 Å². The van der Waals surface area contributed by atoms with Gasteiger partial charge in [0.15, 0.2) is 0 Å². The molecule has 6 nitrogen and oxygen atoms in total. The molecule has 0 bridgehead atoms. The van der Waals surface area contributed by atoms with Gasteiger partial charge in [0.1, 0.15) is 0 Å². The molecule has 0 aliphatic rings. The second-order valence-corrected chi connectivity index (χ2v) is 7.29. The zero-order valence-electron chi connectivity index (χ0n) is 18.0. The van der Waals surface area contributed by atoms with Gasteiger partial charge >= 0.3 is 5.97 Å². The molecule has 4 aromatic rings. The Hall–Kier alpha value is -4.06. The van der Waals surface area contributed by atoms with Crippen molar-refractivity contribution in [2.45, 2.75) is 13.3 Å². The summed E-state index contributed by atoms with van der Waals surface area (Å²) in [6.45, 7) is 2.98. The molecular formula is C26H26N4O2. The molecule has 0 radical (unpaired) electrons. The van der Waals surface area contributed by atoms with Crippen molar-refractivity contribution >= 4 is 40.0 Å². The van der Waals surface area contributed by atoms with Crippen LogP contribution in [-0.2, 0) is 16.0 Å². The van der Waals surface area contributed by atoms with Crippen LogP contribution < -0.4 is 10.6 Å². The summed E-state index contributed by atoms with van der Waals surface area (Å²) in [6, 6.07) is 18.4. The SMILES string of the molecule is CCOC(=O)/C=C/c1cnccc1Nc1ccc(NCCc2c[nH]c3ccccc23)cc1. The van der Waals surface area contributed by atoms with Crippen molar-refractivity contribution in [1.82, 2.24) is 9.97 Å². The minimum Gasteiger partial charge on any atom is -0.463 e. The number of nitrogens with one attached hydrogen (secondary N) is 3. The van der Waals surface area contributed by atoms with Crippen molar-refractivity contribution in [3.63, 3.8) is 0 Å². The molecule has 2 aromatic heterocycles. The summed E-state index contributed by atoms with van der Waals surface area (Å²) < 4.78 is 4.94. The van der Waals surface area contributed by atoms with E-state index in [2.05, 4.69) is 45.0 Å². The molecule has 6 heteroatoms. The molecule has 0 aliphatic heterocycles. The maximum Gasteiger partial charge on any atom is 0.330 e. The summed E-state index contributed by atoms with van der Waals surface area (Å²) >= 11 is 0. The van der Waals surface area contributed by atoms with Gasteiger partial charge in [-0.05, 0) is 61.4 Å². The van der Waals surface area contributed by atoms with Crippen molar-refractivity contribution in [3.05, 3.63) is 90.4 Å². The smallest absolute Gasteiger partial charge is 0.330 e. The second kappa shape index (κ2) is 10.3. The number of hydrogen-bond acceptors (Lipinski definition) is 5. The number of carbonyl (C=O) groups is 1. The Labute approximate surface area is 187 Å². The molecule has 0 saturated heterocycles. The van der Waals surface area contributed by atoms with Crippen LogP contribution in [0.3, 0.4) is 0 Å². The summed E-state index contributed by atoms with van der Waals surface area (Å²) in [5, 5.41) is 8.14. The van der Waals surface area contributed by atoms with E-state index in [0.717, 1.165) is 35.6 Å². The first-order chi connectivity index (χ1) is 15.7. The van der Waals surface area contributed by atoms with Gasteiger partial charge in [0.2, 0.25) is 0 Å². The van der Waals surface area contributed by atoms with E-state index in [0.29, 0.717) is 6.61 Å². The van der Waals surface area contributed by atoms with E-state index in [1.165, 1.54) is 22.5 Å². The van der Waals surface area contributed by atoms with Crippen LogP contribution in [0.25, 0.3) is 17.0 Å². The summed E-state index contributed by atoms with van der Waals surface area (Å²) in [7, 11) is 0. The molecule has 4 rings (SSSR count). The highest BCUT2D eigenvalue weighted by atomic mass is 16.5. The van der Waals surface area contributed by atoms with Crippen molar-refractivity contribution in [2.24, 2.45) is 0 Å². The third-order valence-electron chi connectivity index (χ3n) is 5.10. The second-order valence-electron chi connectivity index (χ2n) is 7.29. The standard InChI is InChI=1S/C26H26N4O2/c1-2-32-26(31)12-7-20-17-27-15-14-24(20)30-22-10-8-21(9-11-22)28-16-13-19-18-29-25-6-4-3-5-23(19)25/h3-12,14-15,17-18,28-29H,2,13,16H2,1H3,(H,27,30)/b12-7+. The first-order valence-corrected chi connectivity index (χ1v) is 10.7. The van der Waals surface area contributed by atoms with E-state index in [-0.39, 0.29) is 5.97 Å². The lowest BCUT2D eigenvalue weighted by atomic mass is 10.1. The molecule has 0 unspecified atom stereocenters. The zero-order valence-corrected chi connectivity index (χ0v) is 18.0. The Morgan fingerprint density at radius 1 is 1.09 bits per heavy atom. The Morgan fingerprint density at radius 3 is 2.75 bits per heavy atom. The highest BCUT2D eigenvalue weighted by Crippen LogP contribution is 2.23. The molecule has 0 spiro atoms. The molecule has 2 heterocycles. The number of anilines is 3. The summed E-state index contributed by atoms with van der Waals surface area (Å²) in [6.07, 6.45) is 9.56. The largest absolute Gasteiger partial charge is 0.463 e. The number of nitrogens with zero attached hydrogens (tertiary/aromatic N) is 1. The predicted molar refractivity (Wildman–Crippen MR) is 130 cm³/mol. The van der Waals surface area contributed by atoms with Crippen LogP contribution in [0.4, 0.5) is 17.1 Å². The summed E-state index contributed by atoms with van der Waals surface area (Å²) in [4.78, 5) is 19.1. The first-order valence-electron chi connectivity index (χ1n) is 10.7. The van der Waals surface area contributed by atoms with E-state index >= 15 is 0 Å². The number of hydrogen-bond donors (Lipinski definition) is 3. The molecule has 0 amide bonds. The van der Waals surface area contributed by atoms with Crippen molar-refractivity contribution in [2.75, 3.05) is 23.8 Å². The van der Waals surface area contributed by atoms with E-state index in [9.17, 15) is 4.79 Å². The molecular weight excluding hydrogens is 400 g/mol. The average molecular weight is 427 g/mol. The number of benzene rings is 2. The fraction of sp³-hybridized carbons (Fsp3) is 0.154. The molecule has 3 N–H and O–H groups in total. The number of carbonyl (C=O) groups excluding carboxylic acids is 1. The Kier molecular flexibility index (Phi) is 6.82. The zero-order chi connectivity index (χ0) is 22.2. The van der Waals surface area contributed by atoms with Crippen LogP contribution in [-0.4, -0.2) is 29.1 Å². The highest BCUT2D eigenvalue weighted by molar-refractivity contribution is 5.88. The van der Waals surface area contributed by atoms with E-state index in [1.54, 1.807) is 25.4 Å². The molecule has 0 atom stereocenters. The number of para-hydroxylation sites is 1. The van der Waals surface area contributed by atoms with Gasteiger partial charge in [-0.25, -0.2) is 4.79 Å². The van der Waals surface area contributed by atoms with Crippen LogP contribution in [0.5, 0.6) is 0 Å². The van der Waals surface area contributed by atoms with Gasteiger partial charge in [-0.3, -0.25) is 4.98 Å². The monoisotopic (exact) mass is 426 g/mol. The Balaban J connectivity index is 1.35. The summed E-state index contributed by atoms with van der Waals surface area (Å²) in [5.74, 6) is -0.370. The van der Waals surface area contributed by atoms with E-state index in [1.807, 2.05) is 36.4 Å². The quantitative estimate of drug-likeness (QED) is 0.242. The Bertz CT molecular complexity index is 1210. The van der Waals surface area contributed by atoms with Crippen LogP contribution in [0.15, 0.2) is 79.3 Å². The third kappa shape index (κ3) is 5.35. The number of aromatic nitrogens is 2. The number of fused-ring (bicyclic) bond motifs is 1. The van der Waals surface area contributed by atoms with Crippen molar-refractivity contribution in [3.8, 4) is 0 Å². The average Bonchev–Trinajstić information content (AvgIpc) is 3.23. The number of aromatic amines is 1. The van der Waals surface area contributed by atoms with Gasteiger partial charge in [0.05, 0.1) is 6.61 Å². The lowest BCUT2D eigenvalue weighted by Gasteiger charge is -2.11. The van der Waals surface area contributed by atoms with Gasteiger partial charge in [-0.2, -0.15) is 0 Å². The van der Waals surface area contributed by atoms with Gasteiger partial charge in [-0.15, -0.1) is 0 Å². The number of rotatable bonds is 9. The first kappa shape index (κ1) is 21.2. The fourth-order valence-electron chi connectivity index (χ4n) is 3.51. The van der Waals surface area contributed by atoms with E-state index in [4.69, 9.17) is 4.74 Å². The van der Waals surface area contributed by atoms with Crippen molar-refractivity contribution < 1.29 is 9.53 Å². The van der Waals surface area contributed by atoms with Crippen LogP contribution in [0.1, 0.15) is 18.1 Å². The number of esters is 1. The molecule has 0 saturated carbocycles. The van der Waals surface area contributed by atoms with E-state index < -0.39 is 0 Å². The normalized spacial score (nSPS) is 11.0. The van der Waals surface area contributed by atoms with Crippen molar-refractivity contribution in [1.29, 1.82) is 0 Å². The summed E-state index contributed by atoms with van der Waals surface area (Å²) in [5.41, 5.74) is 6.16. The molecule has 162 valence electrons. The lowest BCUT2D eigenvalue weighted by molar-refractivity contribution is -0.137. The maximum absolute atomic E-state index is 11.6. The van der Waals surface area contributed by atoms with Gasteiger partial charge in [-0.1, -0.05) is 18.2 Å². The molecule has 2 aromatic carbocycles. The van der Waals surface area contributed by atoms with Crippen LogP contribution in [0, 0.1) is 0 Å². The topological polar surface area (TPSA) is 79.0 Å². The van der Waals surface area contributed by atoms with Crippen LogP contribution in [0.2, 0.25) is 0 Å². The lowest BCUT2D eigenvalue weighted by Crippen LogP contribution is -2.04.